The quantitative estimate of drug-likeness (QED) is 0.347. The number of nitrogens with zero attached hydrogens (tertiary/aromatic N) is 2. The Bertz CT molecular complexity index is 1390. The van der Waals surface area contributed by atoms with E-state index in [1.54, 1.807) is 33.0 Å². The van der Waals surface area contributed by atoms with Gasteiger partial charge in [0.15, 0.2) is 0 Å². The second-order valence-electron chi connectivity index (χ2n) is 11.3. The van der Waals surface area contributed by atoms with Gasteiger partial charge in [-0.05, 0) is 70.1 Å². The Kier molecular flexibility index (Phi) is 8.67. The maximum absolute atomic E-state index is 13.3. The molecule has 220 valence electrons. The summed E-state index contributed by atoms with van der Waals surface area (Å²) in [6.45, 7) is 6.69. The Balaban J connectivity index is 1.74. The largest absolute Gasteiger partial charge is 0.573 e. The van der Waals surface area contributed by atoms with Crippen molar-refractivity contribution >= 4 is 12.0 Å². The summed E-state index contributed by atoms with van der Waals surface area (Å²) in [5.41, 5.74) is 3.26. The van der Waals surface area contributed by atoms with Gasteiger partial charge >= 0.3 is 12.5 Å². The van der Waals surface area contributed by atoms with E-state index >= 15 is 0 Å². The van der Waals surface area contributed by atoms with E-state index in [0.29, 0.717) is 41.9 Å². The second-order valence-corrected chi connectivity index (χ2v) is 11.3. The number of fused-ring (bicyclic) bond motifs is 1. The first-order valence-corrected chi connectivity index (χ1v) is 13.3. The first kappa shape index (κ1) is 30.0. The normalized spacial score (nSPS) is 15.3. The van der Waals surface area contributed by atoms with Crippen molar-refractivity contribution < 1.29 is 32.2 Å². The fourth-order valence-electron chi connectivity index (χ4n) is 4.85. The molecule has 11 heteroatoms. The third-order valence-corrected chi connectivity index (χ3v) is 6.41. The van der Waals surface area contributed by atoms with E-state index in [1.807, 2.05) is 47.8 Å². The Morgan fingerprint density at radius 2 is 1.80 bits per heavy atom. The second kappa shape index (κ2) is 11.9. The summed E-state index contributed by atoms with van der Waals surface area (Å²) in [5, 5.41) is 5.69. The minimum Gasteiger partial charge on any atom is -0.444 e. The lowest BCUT2D eigenvalue weighted by molar-refractivity contribution is -0.274. The van der Waals surface area contributed by atoms with Crippen molar-refractivity contribution in [2.75, 3.05) is 27.2 Å². The molecule has 4 rings (SSSR count). The standard InChI is InChI=1S/C30H35F3N4O4/c1-29(2,3)41-28(39)34-14-13-22-16-35-27(38)26-25(20-11-9-19(10-12-20)17-36(4)5)24(18-37(22)26)21-7-6-8-23(15-21)40-30(31,32)33/h6-12,15,18,22H,13-14,16-17H2,1-5H3,(H,34,39)(H,35,38)/t22-/m0/s1. The molecule has 41 heavy (non-hydrogen) atoms. The highest BCUT2D eigenvalue weighted by Crippen LogP contribution is 2.41. The Morgan fingerprint density at radius 3 is 2.44 bits per heavy atom. The van der Waals surface area contributed by atoms with Crippen molar-refractivity contribution in [3.63, 3.8) is 0 Å². The molecule has 0 spiro atoms. The van der Waals surface area contributed by atoms with Crippen molar-refractivity contribution in [1.82, 2.24) is 20.1 Å². The van der Waals surface area contributed by atoms with Crippen LogP contribution in [0, 0.1) is 0 Å². The van der Waals surface area contributed by atoms with Crippen LogP contribution in [0.2, 0.25) is 0 Å². The lowest BCUT2D eigenvalue weighted by atomic mass is 9.95. The number of hydrogen-bond donors (Lipinski definition) is 2. The molecule has 0 radical (unpaired) electrons. The van der Waals surface area contributed by atoms with Gasteiger partial charge in [0.05, 0.1) is 6.04 Å². The molecule has 0 aliphatic carbocycles. The first-order valence-electron chi connectivity index (χ1n) is 13.3. The van der Waals surface area contributed by atoms with Crippen molar-refractivity contribution in [2.24, 2.45) is 0 Å². The van der Waals surface area contributed by atoms with Gasteiger partial charge in [0.1, 0.15) is 17.0 Å². The van der Waals surface area contributed by atoms with Gasteiger partial charge in [0.2, 0.25) is 0 Å². The number of nitrogens with one attached hydrogen (secondary N) is 2. The average Bonchev–Trinajstić information content (AvgIpc) is 3.25. The zero-order valence-corrected chi connectivity index (χ0v) is 23.8. The van der Waals surface area contributed by atoms with Gasteiger partial charge in [-0.15, -0.1) is 13.2 Å². The van der Waals surface area contributed by atoms with Crippen molar-refractivity contribution in [1.29, 1.82) is 0 Å². The number of halogens is 3. The highest BCUT2D eigenvalue weighted by Gasteiger charge is 2.33. The average molecular weight is 573 g/mol. The Morgan fingerprint density at radius 1 is 1.10 bits per heavy atom. The van der Waals surface area contributed by atoms with E-state index in [9.17, 15) is 22.8 Å². The predicted octanol–water partition coefficient (Wildman–Crippen LogP) is 5.98. The molecule has 0 unspecified atom stereocenters. The van der Waals surface area contributed by atoms with Crippen LogP contribution < -0.4 is 15.4 Å². The number of alkyl halides is 3. The predicted molar refractivity (Wildman–Crippen MR) is 150 cm³/mol. The highest BCUT2D eigenvalue weighted by molar-refractivity contribution is 6.05. The van der Waals surface area contributed by atoms with Gasteiger partial charge in [0.25, 0.3) is 5.91 Å². The van der Waals surface area contributed by atoms with Crippen molar-refractivity contribution in [3.05, 3.63) is 66.0 Å². The summed E-state index contributed by atoms with van der Waals surface area (Å²) in [7, 11) is 3.93. The van der Waals surface area contributed by atoms with E-state index in [1.165, 1.54) is 18.2 Å². The Labute approximate surface area is 237 Å². The summed E-state index contributed by atoms with van der Waals surface area (Å²) in [6, 6.07) is 13.3. The molecule has 1 aliphatic rings. The molecule has 0 bridgehead atoms. The van der Waals surface area contributed by atoms with Gasteiger partial charge in [-0.25, -0.2) is 4.79 Å². The number of rotatable bonds is 8. The minimum atomic E-state index is -4.84. The van der Waals surface area contributed by atoms with E-state index in [2.05, 4.69) is 15.4 Å². The van der Waals surface area contributed by atoms with Gasteiger partial charge < -0.3 is 29.6 Å². The molecule has 0 fully saturated rings. The number of amides is 2. The maximum atomic E-state index is 13.3. The summed E-state index contributed by atoms with van der Waals surface area (Å²) >= 11 is 0. The summed E-state index contributed by atoms with van der Waals surface area (Å²) in [6.07, 6.45) is -3.09. The number of benzene rings is 2. The fraction of sp³-hybridized carbons (Fsp3) is 0.400. The molecule has 2 aromatic carbocycles. The highest BCUT2D eigenvalue weighted by atomic mass is 19.4. The summed E-state index contributed by atoms with van der Waals surface area (Å²) in [4.78, 5) is 27.5. The molecule has 8 nitrogen and oxygen atoms in total. The topological polar surface area (TPSA) is 84.8 Å². The molecule has 3 aromatic rings. The summed E-state index contributed by atoms with van der Waals surface area (Å²) < 4.78 is 50.3. The third kappa shape index (κ3) is 7.81. The van der Waals surface area contributed by atoms with Crippen LogP contribution in [0.3, 0.4) is 0 Å². The number of aromatic nitrogens is 1. The molecule has 1 aromatic heterocycles. The molecule has 1 atom stereocenters. The molecule has 2 heterocycles. The van der Waals surface area contributed by atoms with Crippen LogP contribution in [-0.4, -0.2) is 60.6 Å². The lowest BCUT2D eigenvalue weighted by Crippen LogP contribution is -2.40. The third-order valence-electron chi connectivity index (χ3n) is 6.41. The number of carbonyl (C=O) groups excluding carboxylic acids is 2. The van der Waals surface area contributed by atoms with Crippen LogP contribution in [0.5, 0.6) is 5.75 Å². The molecular weight excluding hydrogens is 537 g/mol. The molecule has 0 saturated heterocycles. The molecular formula is C30H35F3N4O4. The monoisotopic (exact) mass is 572 g/mol. The van der Waals surface area contributed by atoms with Crippen LogP contribution in [-0.2, 0) is 11.3 Å². The zero-order chi connectivity index (χ0) is 29.9. The van der Waals surface area contributed by atoms with E-state index in [0.717, 1.165) is 17.7 Å². The molecule has 1 aliphatic heterocycles. The smallest absolute Gasteiger partial charge is 0.444 e. The SMILES string of the molecule is CN(C)Cc1ccc(-c2c(-c3cccc(OC(F)(F)F)c3)cn3c2C(=O)NC[C@@H]3CCNC(=O)OC(C)(C)C)cc1. The Hall–Kier alpha value is -3.99. The number of carbonyl (C=O) groups is 2. The van der Waals surface area contributed by atoms with Crippen LogP contribution in [0.4, 0.5) is 18.0 Å². The van der Waals surface area contributed by atoms with Gasteiger partial charge in [-0.1, -0.05) is 36.4 Å². The van der Waals surface area contributed by atoms with Crippen LogP contribution >= 0.6 is 0 Å². The van der Waals surface area contributed by atoms with Gasteiger partial charge in [0, 0.05) is 37.0 Å². The van der Waals surface area contributed by atoms with E-state index in [-0.39, 0.29) is 17.7 Å². The number of hydrogen-bond acceptors (Lipinski definition) is 5. The zero-order valence-electron chi connectivity index (χ0n) is 23.8. The molecule has 0 saturated carbocycles. The molecule has 2 amide bonds. The van der Waals surface area contributed by atoms with Crippen LogP contribution in [0.1, 0.15) is 49.3 Å². The first-order chi connectivity index (χ1) is 19.2. The summed E-state index contributed by atoms with van der Waals surface area (Å²) in [5.74, 6) is -0.642. The number of alkyl carbamates (subject to hydrolysis) is 1. The van der Waals surface area contributed by atoms with E-state index < -0.39 is 18.1 Å². The lowest BCUT2D eigenvalue weighted by Gasteiger charge is -2.27. The minimum absolute atomic E-state index is 0.215. The fourth-order valence-corrected chi connectivity index (χ4v) is 4.85. The maximum Gasteiger partial charge on any atom is 0.573 e. The molecule has 2 N–H and O–H groups in total. The van der Waals surface area contributed by atoms with Crippen molar-refractivity contribution in [3.8, 4) is 28.0 Å². The van der Waals surface area contributed by atoms with Gasteiger partial charge in [-0.3, -0.25) is 4.79 Å². The van der Waals surface area contributed by atoms with Crippen LogP contribution in [0.15, 0.2) is 54.7 Å². The number of ether oxygens (including phenoxy) is 2. The van der Waals surface area contributed by atoms with Crippen molar-refractivity contribution in [2.45, 2.75) is 51.7 Å². The van der Waals surface area contributed by atoms with Crippen LogP contribution in [0.25, 0.3) is 22.3 Å². The van der Waals surface area contributed by atoms with Gasteiger partial charge in [-0.2, -0.15) is 0 Å². The van der Waals surface area contributed by atoms with E-state index in [4.69, 9.17) is 4.74 Å².